The lowest BCUT2D eigenvalue weighted by Gasteiger charge is -2.12. The topological polar surface area (TPSA) is 6.48 Å². The van der Waals surface area contributed by atoms with Crippen LogP contribution in [0, 0.1) is 0 Å². The van der Waals surface area contributed by atoms with E-state index in [9.17, 15) is 0 Å². The molecule has 0 rings (SSSR count). The predicted octanol–water partition coefficient (Wildman–Crippen LogP) is 1.01. The van der Waals surface area contributed by atoms with Crippen LogP contribution in [0.4, 0.5) is 0 Å². The van der Waals surface area contributed by atoms with Gasteiger partial charge in [-0.15, -0.1) is 0 Å². The molecule has 0 atom stereocenters. The van der Waals surface area contributed by atoms with E-state index < -0.39 is 0 Å². The summed E-state index contributed by atoms with van der Waals surface area (Å²) in [7, 11) is 8.23. The van der Waals surface area contributed by atoms with Gasteiger partial charge in [-0.1, -0.05) is 0 Å². The number of hydrogen-bond donors (Lipinski definition) is 0. The molecule has 60 valence electrons. The summed E-state index contributed by atoms with van der Waals surface area (Å²) < 4.78 is 0. The Morgan fingerprint density at radius 2 is 1.70 bits per heavy atom. The van der Waals surface area contributed by atoms with Crippen molar-refractivity contribution >= 4 is 0 Å². The first-order chi connectivity index (χ1) is 4.52. The molecule has 0 heterocycles. The van der Waals surface area contributed by atoms with Crippen LogP contribution in [0.1, 0.15) is 6.92 Å². The second kappa shape index (κ2) is 4.34. The van der Waals surface area contributed by atoms with Crippen LogP contribution < -0.4 is 0 Å². The maximum absolute atomic E-state index is 2.16. The lowest BCUT2D eigenvalue weighted by Crippen LogP contribution is -2.15. The van der Waals surface area contributed by atoms with Gasteiger partial charge in [0.2, 0.25) is 0 Å². The van der Waals surface area contributed by atoms with Crippen molar-refractivity contribution < 1.29 is 0 Å². The Morgan fingerprint density at radius 1 is 1.20 bits per heavy atom. The standard InChI is InChI=1S/C8H18N2/c1-8(6-9(2)3)7-10(4)5/h6H,7H2,1-5H3/b8-6+. The maximum Gasteiger partial charge on any atom is 0.0201 e. The average Bonchev–Trinajstić information content (AvgIpc) is 1.58. The van der Waals surface area contributed by atoms with Gasteiger partial charge in [0, 0.05) is 20.6 Å². The molecule has 0 fully saturated rings. The Bertz CT molecular complexity index is 114. The van der Waals surface area contributed by atoms with Gasteiger partial charge >= 0.3 is 0 Å². The number of likely N-dealkylation sites (N-methyl/N-ethyl adjacent to an activating group) is 1. The summed E-state index contributed by atoms with van der Waals surface area (Å²) >= 11 is 0. The second-order valence-corrected chi connectivity index (χ2v) is 3.18. The summed E-state index contributed by atoms with van der Waals surface area (Å²) in [5.41, 5.74) is 1.38. The molecule has 0 aliphatic heterocycles. The zero-order valence-corrected chi connectivity index (χ0v) is 7.68. The van der Waals surface area contributed by atoms with Gasteiger partial charge < -0.3 is 9.80 Å². The van der Waals surface area contributed by atoms with Gasteiger partial charge in [-0.05, 0) is 32.8 Å². The van der Waals surface area contributed by atoms with Gasteiger partial charge in [-0.25, -0.2) is 0 Å². The highest BCUT2D eigenvalue weighted by Gasteiger charge is 1.91. The van der Waals surface area contributed by atoms with E-state index in [1.807, 2.05) is 14.1 Å². The minimum Gasteiger partial charge on any atom is -0.383 e. The molecule has 2 heteroatoms. The van der Waals surface area contributed by atoms with Crippen molar-refractivity contribution in [3.63, 3.8) is 0 Å². The molecule has 0 unspecified atom stereocenters. The Kier molecular flexibility index (Phi) is 4.12. The first-order valence-electron chi connectivity index (χ1n) is 3.51. The molecule has 0 bridgehead atoms. The minimum absolute atomic E-state index is 1.04. The van der Waals surface area contributed by atoms with Crippen LogP contribution in [0.3, 0.4) is 0 Å². The molecular formula is C8H18N2. The van der Waals surface area contributed by atoms with Crippen LogP contribution in [-0.4, -0.2) is 44.5 Å². The van der Waals surface area contributed by atoms with Crippen LogP contribution >= 0.6 is 0 Å². The average molecular weight is 142 g/mol. The number of hydrogen-bond acceptors (Lipinski definition) is 2. The van der Waals surface area contributed by atoms with Gasteiger partial charge in [0.05, 0.1) is 0 Å². The summed E-state index contributed by atoms with van der Waals surface area (Å²) in [4.78, 5) is 4.23. The molecule has 0 aromatic carbocycles. The predicted molar refractivity (Wildman–Crippen MR) is 46.0 cm³/mol. The molecule has 0 radical (unpaired) electrons. The van der Waals surface area contributed by atoms with Gasteiger partial charge in [0.1, 0.15) is 0 Å². The third-order valence-corrected chi connectivity index (χ3v) is 1.04. The van der Waals surface area contributed by atoms with Crippen LogP contribution in [0.2, 0.25) is 0 Å². The fraction of sp³-hybridized carbons (Fsp3) is 0.750. The molecule has 2 nitrogen and oxygen atoms in total. The third-order valence-electron chi connectivity index (χ3n) is 1.04. The SMILES string of the molecule is C/C(=C\N(C)C)CN(C)C. The van der Waals surface area contributed by atoms with Gasteiger partial charge in [-0.3, -0.25) is 0 Å². The summed E-state index contributed by atoms with van der Waals surface area (Å²) in [5, 5.41) is 0. The smallest absolute Gasteiger partial charge is 0.0201 e. The highest BCUT2D eigenvalue weighted by Crippen LogP contribution is 1.94. The highest BCUT2D eigenvalue weighted by atomic mass is 15.1. The van der Waals surface area contributed by atoms with Crippen molar-refractivity contribution in [1.82, 2.24) is 9.80 Å². The highest BCUT2D eigenvalue weighted by molar-refractivity contribution is 4.98. The molecule has 0 saturated carbocycles. The molecule has 10 heavy (non-hydrogen) atoms. The van der Waals surface area contributed by atoms with Crippen molar-refractivity contribution in [3.8, 4) is 0 Å². The van der Waals surface area contributed by atoms with E-state index in [2.05, 4.69) is 37.0 Å². The fourth-order valence-electron chi connectivity index (χ4n) is 0.980. The quantitative estimate of drug-likeness (QED) is 0.580. The largest absolute Gasteiger partial charge is 0.383 e. The van der Waals surface area contributed by atoms with Gasteiger partial charge in [0.15, 0.2) is 0 Å². The fourth-order valence-corrected chi connectivity index (χ4v) is 0.980. The molecule has 0 spiro atoms. The lowest BCUT2D eigenvalue weighted by molar-refractivity contribution is 0.438. The Balaban J connectivity index is 3.71. The zero-order chi connectivity index (χ0) is 8.15. The number of rotatable bonds is 3. The van der Waals surface area contributed by atoms with E-state index in [1.165, 1.54) is 5.57 Å². The molecular weight excluding hydrogens is 124 g/mol. The maximum atomic E-state index is 2.16. The van der Waals surface area contributed by atoms with Crippen molar-refractivity contribution in [2.75, 3.05) is 34.7 Å². The molecule has 0 amide bonds. The number of nitrogens with zero attached hydrogens (tertiary/aromatic N) is 2. The van der Waals surface area contributed by atoms with Crippen LogP contribution in [0.15, 0.2) is 11.8 Å². The van der Waals surface area contributed by atoms with Crippen molar-refractivity contribution in [1.29, 1.82) is 0 Å². The Labute approximate surface area is 64.1 Å². The summed E-state index contributed by atoms with van der Waals surface area (Å²) in [6, 6.07) is 0. The molecule has 0 aliphatic rings. The first-order valence-corrected chi connectivity index (χ1v) is 3.51. The van der Waals surface area contributed by atoms with Crippen molar-refractivity contribution in [3.05, 3.63) is 11.8 Å². The van der Waals surface area contributed by atoms with E-state index in [4.69, 9.17) is 0 Å². The Hall–Kier alpha value is -0.500. The van der Waals surface area contributed by atoms with Gasteiger partial charge in [0.25, 0.3) is 0 Å². The Morgan fingerprint density at radius 3 is 2.00 bits per heavy atom. The molecule has 0 aromatic heterocycles. The van der Waals surface area contributed by atoms with Crippen LogP contribution in [0.5, 0.6) is 0 Å². The summed E-state index contributed by atoms with van der Waals surface area (Å²) in [5.74, 6) is 0. The van der Waals surface area contributed by atoms with Crippen LogP contribution in [0.25, 0.3) is 0 Å². The van der Waals surface area contributed by atoms with E-state index in [1.54, 1.807) is 0 Å². The normalized spacial score (nSPS) is 12.4. The molecule has 0 saturated heterocycles. The molecule has 0 aromatic rings. The second-order valence-electron chi connectivity index (χ2n) is 3.18. The summed E-state index contributed by atoms with van der Waals surface area (Å²) in [6.45, 7) is 3.18. The molecule has 0 N–H and O–H groups in total. The van der Waals surface area contributed by atoms with Crippen molar-refractivity contribution in [2.45, 2.75) is 6.92 Å². The van der Waals surface area contributed by atoms with E-state index in [0.717, 1.165) is 6.54 Å². The van der Waals surface area contributed by atoms with E-state index in [-0.39, 0.29) is 0 Å². The third kappa shape index (κ3) is 5.63. The molecule has 0 aliphatic carbocycles. The van der Waals surface area contributed by atoms with Gasteiger partial charge in [-0.2, -0.15) is 0 Å². The lowest BCUT2D eigenvalue weighted by atomic mass is 10.3. The summed E-state index contributed by atoms with van der Waals surface area (Å²) in [6.07, 6.45) is 2.14. The van der Waals surface area contributed by atoms with E-state index in [0.29, 0.717) is 0 Å². The van der Waals surface area contributed by atoms with Crippen molar-refractivity contribution in [2.24, 2.45) is 0 Å². The van der Waals surface area contributed by atoms with Crippen LogP contribution in [-0.2, 0) is 0 Å². The monoisotopic (exact) mass is 142 g/mol. The van der Waals surface area contributed by atoms with E-state index >= 15 is 0 Å². The first kappa shape index (κ1) is 9.50. The minimum atomic E-state index is 1.04. The zero-order valence-electron chi connectivity index (χ0n) is 7.68.